The Hall–Kier alpha value is -4.00. The number of fused-ring (bicyclic) bond motifs is 1. The van der Waals surface area contributed by atoms with Crippen LogP contribution >= 0.6 is 28.3 Å². The largest absolute Gasteiger partial charge is 0.351 e. The maximum Gasteiger partial charge on any atom is 0.256 e. The van der Waals surface area contributed by atoms with Crippen molar-refractivity contribution in [2.24, 2.45) is 0 Å². The fourth-order valence-electron chi connectivity index (χ4n) is 6.65. The highest BCUT2D eigenvalue weighted by molar-refractivity contribution is 8.93. The van der Waals surface area contributed by atoms with Crippen LogP contribution in [-0.2, 0) is 11.2 Å². The number of rotatable bonds is 7. The van der Waals surface area contributed by atoms with E-state index in [9.17, 15) is 9.59 Å². The Morgan fingerprint density at radius 3 is 2.38 bits per heavy atom. The summed E-state index contributed by atoms with van der Waals surface area (Å²) in [6.07, 6.45) is 1.77. The van der Waals surface area contributed by atoms with E-state index in [0.29, 0.717) is 22.3 Å². The predicted molar refractivity (Wildman–Crippen MR) is 190 cm³/mol. The van der Waals surface area contributed by atoms with Gasteiger partial charge in [-0.25, -0.2) is 13.8 Å². The molecular weight excluding hydrogens is 686 g/mol. The average molecular weight is 724 g/mol. The zero-order chi connectivity index (χ0) is 32.8. The normalized spacial score (nSPS) is 15.6. The Morgan fingerprint density at radius 2 is 1.72 bits per heavy atom. The van der Waals surface area contributed by atoms with E-state index >= 15 is 8.78 Å². The van der Waals surface area contributed by atoms with Gasteiger partial charge in [-0.1, -0.05) is 12.1 Å². The fourth-order valence-corrected chi connectivity index (χ4v) is 7.32. The first-order chi connectivity index (χ1) is 21.8. The second-order valence-electron chi connectivity index (χ2n) is 13.2. The second kappa shape index (κ2) is 13.2. The summed E-state index contributed by atoms with van der Waals surface area (Å²) in [7, 11) is 0. The van der Waals surface area contributed by atoms with Crippen LogP contribution in [0.1, 0.15) is 51.7 Å². The van der Waals surface area contributed by atoms with Gasteiger partial charge in [-0.05, 0) is 106 Å². The van der Waals surface area contributed by atoms with Gasteiger partial charge in [0.2, 0.25) is 11.9 Å². The standard InChI is InChI=1S/C35H36F2N6O2S.BrH/c1-20-9-10-22(38-28(44)15-21-13-14-46-19-21)16-25(20)30-24-11-12-29(45)43(31-26(36)7-6-8-27(31)37)32(24)41-33(40-30)39-23-17-34(2,3)42-35(4,5)18-23;/h6-14,16,19,23,42H,15,17-18H2,1-5H3,(H,38,44)(H,39,40,41);1H. The third-order valence-electron chi connectivity index (χ3n) is 8.16. The number of aryl methyl sites for hydroxylation is 1. The molecule has 3 aromatic heterocycles. The summed E-state index contributed by atoms with van der Waals surface area (Å²) in [6.45, 7) is 10.5. The molecule has 8 nitrogen and oxygen atoms in total. The number of para-hydroxylation sites is 1. The Kier molecular flexibility index (Phi) is 9.68. The van der Waals surface area contributed by atoms with Crippen LogP contribution in [0.2, 0.25) is 0 Å². The van der Waals surface area contributed by atoms with E-state index in [1.54, 1.807) is 6.07 Å². The zero-order valence-corrected chi connectivity index (χ0v) is 29.3. The lowest BCUT2D eigenvalue weighted by Crippen LogP contribution is -2.60. The monoisotopic (exact) mass is 722 g/mol. The van der Waals surface area contributed by atoms with Gasteiger partial charge in [0, 0.05) is 39.8 Å². The van der Waals surface area contributed by atoms with Gasteiger partial charge in [0.1, 0.15) is 17.3 Å². The second-order valence-corrected chi connectivity index (χ2v) is 14.0. The van der Waals surface area contributed by atoms with E-state index in [0.717, 1.165) is 40.7 Å². The number of carbonyl (C=O) groups is 1. The summed E-state index contributed by atoms with van der Waals surface area (Å²) in [6, 6.07) is 13.7. The number of pyridine rings is 1. The van der Waals surface area contributed by atoms with Crippen LogP contribution in [0, 0.1) is 18.6 Å². The van der Waals surface area contributed by atoms with Gasteiger partial charge >= 0.3 is 0 Å². The highest BCUT2D eigenvalue weighted by Crippen LogP contribution is 2.34. The minimum Gasteiger partial charge on any atom is -0.351 e. The molecule has 4 heterocycles. The van der Waals surface area contributed by atoms with Crippen molar-refractivity contribution in [2.75, 3.05) is 10.6 Å². The lowest BCUT2D eigenvalue weighted by Gasteiger charge is -2.46. The first-order valence-corrected chi connectivity index (χ1v) is 16.1. The molecule has 0 bridgehead atoms. The van der Waals surface area contributed by atoms with Gasteiger partial charge in [0.25, 0.3) is 5.56 Å². The molecule has 1 saturated heterocycles. The molecule has 0 spiro atoms. The van der Waals surface area contributed by atoms with Crippen molar-refractivity contribution in [1.82, 2.24) is 19.9 Å². The minimum absolute atomic E-state index is 0. The van der Waals surface area contributed by atoms with Crippen molar-refractivity contribution < 1.29 is 13.6 Å². The summed E-state index contributed by atoms with van der Waals surface area (Å²) in [4.78, 5) is 35.9. The summed E-state index contributed by atoms with van der Waals surface area (Å²) in [5.74, 6) is -1.72. The van der Waals surface area contributed by atoms with Crippen molar-refractivity contribution in [3.63, 3.8) is 0 Å². The first kappa shape index (κ1) is 34.3. The molecule has 0 unspecified atom stereocenters. The summed E-state index contributed by atoms with van der Waals surface area (Å²) < 4.78 is 31.3. The van der Waals surface area contributed by atoms with E-state index in [-0.39, 0.29) is 58.0 Å². The predicted octanol–water partition coefficient (Wildman–Crippen LogP) is 7.58. The molecule has 6 rings (SSSR count). The van der Waals surface area contributed by atoms with Crippen LogP contribution in [0.15, 0.2) is 70.2 Å². The molecule has 0 aliphatic carbocycles. The van der Waals surface area contributed by atoms with Crippen LogP contribution in [0.25, 0.3) is 28.0 Å². The highest BCUT2D eigenvalue weighted by atomic mass is 79.9. The van der Waals surface area contributed by atoms with Gasteiger partial charge in [0.05, 0.1) is 12.1 Å². The van der Waals surface area contributed by atoms with Gasteiger partial charge in [-0.3, -0.25) is 14.2 Å². The van der Waals surface area contributed by atoms with E-state index in [2.05, 4.69) is 43.6 Å². The number of amides is 1. The Labute approximate surface area is 286 Å². The number of aromatic nitrogens is 3. The number of halogens is 3. The molecule has 1 aliphatic rings. The molecule has 3 N–H and O–H groups in total. The molecule has 246 valence electrons. The Balaban J connectivity index is 0.00000433. The lowest BCUT2D eigenvalue weighted by molar-refractivity contribution is -0.115. The molecule has 0 saturated carbocycles. The molecule has 1 aliphatic heterocycles. The molecular formula is C35H37BrF2N6O2S. The molecule has 12 heteroatoms. The Morgan fingerprint density at radius 1 is 1.02 bits per heavy atom. The van der Waals surface area contributed by atoms with E-state index < -0.39 is 22.9 Å². The number of hydrogen-bond acceptors (Lipinski definition) is 7. The molecule has 5 aromatic rings. The van der Waals surface area contributed by atoms with E-state index in [4.69, 9.17) is 9.97 Å². The SMILES string of the molecule is Br.Cc1ccc(NC(=O)Cc2ccsc2)cc1-c1nc(NC2CC(C)(C)NC(C)(C)C2)nc2c1ccc(=O)n2-c1c(F)cccc1F. The van der Waals surface area contributed by atoms with Crippen LogP contribution in [0.5, 0.6) is 0 Å². The van der Waals surface area contributed by atoms with Crippen LogP contribution < -0.4 is 21.5 Å². The number of benzene rings is 2. The van der Waals surface area contributed by atoms with Crippen molar-refractivity contribution in [2.45, 2.75) is 71.0 Å². The number of thiophene rings is 1. The summed E-state index contributed by atoms with van der Waals surface area (Å²) >= 11 is 1.53. The topological polar surface area (TPSA) is 101 Å². The maximum atomic E-state index is 15.2. The number of nitrogens with one attached hydrogen (secondary N) is 3. The number of anilines is 2. The number of carbonyl (C=O) groups excluding carboxylic acids is 1. The van der Waals surface area contributed by atoms with E-state index in [1.165, 1.54) is 23.5 Å². The number of hydrogen-bond donors (Lipinski definition) is 3. The maximum absolute atomic E-state index is 15.2. The van der Waals surface area contributed by atoms with Crippen LogP contribution in [-0.4, -0.2) is 37.6 Å². The van der Waals surface area contributed by atoms with Crippen LogP contribution in [0.3, 0.4) is 0 Å². The number of piperidine rings is 1. The van der Waals surface area contributed by atoms with Crippen molar-refractivity contribution in [3.05, 3.63) is 98.5 Å². The molecule has 0 radical (unpaired) electrons. The molecule has 0 atom stereocenters. The molecule has 1 fully saturated rings. The highest BCUT2D eigenvalue weighted by Gasteiger charge is 2.38. The van der Waals surface area contributed by atoms with Gasteiger partial charge in [-0.15, -0.1) is 17.0 Å². The summed E-state index contributed by atoms with van der Waals surface area (Å²) in [5.41, 5.74) is 2.03. The summed E-state index contributed by atoms with van der Waals surface area (Å²) in [5, 5.41) is 14.4. The average Bonchev–Trinajstić information content (AvgIpc) is 3.46. The molecule has 2 aromatic carbocycles. The van der Waals surface area contributed by atoms with Crippen molar-refractivity contribution in [1.29, 1.82) is 0 Å². The van der Waals surface area contributed by atoms with Gasteiger partial charge in [0.15, 0.2) is 5.65 Å². The smallest absolute Gasteiger partial charge is 0.256 e. The minimum atomic E-state index is -0.891. The Bertz CT molecular complexity index is 1980. The number of nitrogens with zero attached hydrogens (tertiary/aromatic N) is 3. The first-order valence-electron chi connectivity index (χ1n) is 15.1. The van der Waals surface area contributed by atoms with Gasteiger partial charge in [-0.2, -0.15) is 16.3 Å². The van der Waals surface area contributed by atoms with Gasteiger partial charge < -0.3 is 16.0 Å². The quantitative estimate of drug-likeness (QED) is 0.160. The van der Waals surface area contributed by atoms with Crippen LogP contribution in [0.4, 0.5) is 20.4 Å². The lowest BCUT2D eigenvalue weighted by atomic mass is 9.80. The third kappa shape index (κ3) is 7.45. The van der Waals surface area contributed by atoms with Crippen molar-refractivity contribution in [3.8, 4) is 16.9 Å². The zero-order valence-electron chi connectivity index (χ0n) is 26.8. The van der Waals surface area contributed by atoms with E-state index in [1.807, 2.05) is 41.9 Å². The third-order valence-corrected chi connectivity index (χ3v) is 8.89. The van der Waals surface area contributed by atoms with Crippen molar-refractivity contribution >= 4 is 56.9 Å². The fraction of sp³-hybridized carbons (Fsp3) is 0.314. The molecule has 47 heavy (non-hydrogen) atoms. The molecule has 1 amide bonds.